The second kappa shape index (κ2) is 15.0. The first-order valence-corrected chi connectivity index (χ1v) is 10.4. The van der Waals surface area contributed by atoms with Gasteiger partial charge in [0.05, 0.1) is 25.6 Å². The van der Waals surface area contributed by atoms with Crippen molar-refractivity contribution in [3.63, 3.8) is 0 Å². The number of hydrogen-bond acceptors (Lipinski definition) is 9. The van der Waals surface area contributed by atoms with Crippen LogP contribution in [0.2, 0.25) is 0 Å². The molecule has 11 N–H and O–H groups in total. The highest BCUT2D eigenvalue weighted by Crippen LogP contribution is 2.05. The molecule has 0 aliphatic heterocycles. The summed E-state index contributed by atoms with van der Waals surface area (Å²) in [6, 6.07) is -4.14. The van der Waals surface area contributed by atoms with Gasteiger partial charge in [0.25, 0.3) is 0 Å². The van der Waals surface area contributed by atoms with Crippen molar-refractivity contribution in [3.05, 3.63) is 0 Å². The Morgan fingerprint density at radius 1 is 1.00 bits per heavy atom. The smallest absolute Gasteiger partial charge is 0.326 e. The highest BCUT2D eigenvalue weighted by molar-refractivity contribution is 5.94. The molecular formula is C19H33N7O9. The summed E-state index contributed by atoms with van der Waals surface area (Å²) in [5.41, 5.74) is 16.2. The Hall–Kier alpha value is -3.95. The zero-order valence-corrected chi connectivity index (χ0v) is 19.6. The predicted molar refractivity (Wildman–Crippen MR) is 120 cm³/mol. The van der Waals surface area contributed by atoms with Crippen molar-refractivity contribution >= 4 is 41.6 Å². The molecule has 0 saturated heterocycles. The molecule has 35 heavy (non-hydrogen) atoms. The molecule has 0 aliphatic carbocycles. The Labute approximate surface area is 201 Å². The largest absolute Gasteiger partial charge is 0.481 e. The van der Waals surface area contributed by atoms with Gasteiger partial charge in [0.2, 0.25) is 17.7 Å². The van der Waals surface area contributed by atoms with E-state index in [1.54, 1.807) is 0 Å². The monoisotopic (exact) mass is 503 g/mol. The van der Waals surface area contributed by atoms with Crippen molar-refractivity contribution in [2.24, 2.45) is 28.1 Å². The zero-order chi connectivity index (χ0) is 27.3. The summed E-state index contributed by atoms with van der Waals surface area (Å²) in [5.74, 6) is -6.95. The number of hydrogen-bond donors (Lipinski definition) is 8. The molecule has 0 rings (SSSR count). The van der Waals surface area contributed by atoms with Crippen LogP contribution in [0.4, 0.5) is 0 Å². The maximum absolute atomic E-state index is 12.4. The predicted octanol–water partition coefficient (Wildman–Crippen LogP) is -3.79. The number of rotatable bonds is 15. The molecule has 0 spiro atoms. The minimum absolute atomic E-state index is 0.150. The number of aliphatic carboxylic acids is 2. The zero-order valence-electron chi connectivity index (χ0n) is 19.6. The maximum Gasteiger partial charge on any atom is 0.326 e. The quantitative estimate of drug-likeness (QED) is 0.0607. The minimum atomic E-state index is -1.60. The first kappa shape index (κ1) is 31.0. The molecule has 1 unspecified atom stereocenters. The number of nitrogens with two attached hydrogens (primary N) is 3. The molecule has 0 heterocycles. The number of ether oxygens (including phenoxy) is 1. The Morgan fingerprint density at radius 3 is 2.06 bits per heavy atom. The van der Waals surface area contributed by atoms with Crippen LogP contribution in [-0.2, 0) is 33.5 Å². The molecule has 0 bridgehead atoms. The summed E-state index contributed by atoms with van der Waals surface area (Å²) in [5, 5.41) is 24.7. The molecule has 16 nitrogen and oxygen atoms in total. The Balaban J connectivity index is 5.03. The lowest BCUT2D eigenvalue weighted by molar-refractivity contribution is -0.147. The number of carboxylic acid groups (broad SMARTS) is 2. The molecule has 0 fully saturated rings. The average molecular weight is 504 g/mol. The van der Waals surface area contributed by atoms with Crippen molar-refractivity contribution in [2.45, 2.75) is 57.8 Å². The van der Waals surface area contributed by atoms with Gasteiger partial charge in [-0.2, -0.15) is 0 Å². The fraction of sp³-hybridized carbons (Fsp3) is 0.632. The Kier molecular flexibility index (Phi) is 13.4. The molecule has 4 atom stereocenters. The van der Waals surface area contributed by atoms with Crippen LogP contribution < -0.4 is 33.2 Å². The lowest BCUT2D eigenvalue weighted by atomic mass is 10.0. The van der Waals surface area contributed by atoms with Crippen LogP contribution in [0.15, 0.2) is 4.99 Å². The van der Waals surface area contributed by atoms with Crippen molar-refractivity contribution in [1.29, 1.82) is 0 Å². The van der Waals surface area contributed by atoms with Crippen molar-refractivity contribution < 1.29 is 43.7 Å². The lowest BCUT2D eigenvalue weighted by Crippen LogP contribution is -2.55. The summed E-state index contributed by atoms with van der Waals surface area (Å²) in [4.78, 5) is 74.0. The second-order valence-corrected chi connectivity index (χ2v) is 7.84. The number of carboxylic acids is 2. The fourth-order valence-electron chi connectivity index (χ4n) is 2.69. The topological polar surface area (TPSA) is 279 Å². The van der Waals surface area contributed by atoms with Gasteiger partial charge in [-0.25, -0.2) is 9.79 Å². The van der Waals surface area contributed by atoms with Gasteiger partial charge < -0.3 is 48.1 Å². The van der Waals surface area contributed by atoms with Crippen LogP contribution >= 0.6 is 0 Å². The first-order chi connectivity index (χ1) is 16.1. The SMILES string of the molecule is CC(=O)OC(CN=C(N)N)C[C@H](N)C(=O)NCC(=O)N[C@@H](CC(=O)O)C(=O)N[C@H](C(=O)O)C(C)C. The summed E-state index contributed by atoms with van der Waals surface area (Å²) in [7, 11) is 0. The maximum atomic E-state index is 12.4. The number of amides is 3. The average Bonchev–Trinajstić information content (AvgIpc) is 2.72. The van der Waals surface area contributed by atoms with E-state index in [0.717, 1.165) is 6.92 Å². The van der Waals surface area contributed by atoms with Crippen LogP contribution in [-0.4, -0.2) is 89.1 Å². The van der Waals surface area contributed by atoms with Crippen LogP contribution in [0.25, 0.3) is 0 Å². The molecule has 0 radical (unpaired) electrons. The summed E-state index contributed by atoms with van der Waals surface area (Å²) < 4.78 is 4.99. The second-order valence-electron chi connectivity index (χ2n) is 7.84. The van der Waals surface area contributed by atoms with Crippen LogP contribution in [0.3, 0.4) is 0 Å². The standard InChI is InChI=1S/C19H33N7O9/c1-8(2)15(18(33)34)26-17(32)12(5-14(29)30)25-13(28)7-23-16(31)11(20)4-10(35-9(3)27)6-24-19(21)22/h8,10-12,15H,4-7,20H2,1-3H3,(H,23,31)(H,25,28)(H,26,32)(H,29,30)(H,33,34)(H4,21,22,24)/t10?,11-,12-,15-/m0/s1. The van der Waals surface area contributed by atoms with Gasteiger partial charge in [-0.05, 0) is 5.92 Å². The third kappa shape index (κ3) is 13.4. The molecule has 0 aromatic heterocycles. The number of guanidine groups is 1. The van der Waals surface area contributed by atoms with E-state index in [-0.39, 0.29) is 18.9 Å². The van der Waals surface area contributed by atoms with Gasteiger partial charge in [-0.3, -0.25) is 24.0 Å². The van der Waals surface area contributed by atoms with Gasteiger partial charge in [0.15, 0.2) is 5.96 Å². The number of carbonyl (C=O) groups excluding carboxylic acids is 4. The van der Waals surface area contributed by atoms with Gasteiger partial charge in [0.1, 0.15) is 18.2 Å². The van der Waals surface area contributed by atoms with E-state index in [2.05, 4.69) is 20.9 Å². The summed E-state index contributed by atoms with van der Waals surface area (Å²) in [6.45, 7) is 3.39. The fourth-order valence-corrected chi connectivity index (χ4v) is 2.69. The highest BCUT2D eigenvalue weighted by Gasteiger charge is 2.30. The van der Waals surface area contributed by atoms with Crippen molar-refractivity contribution in [2.75, 3.05) is 13.1 Å². The van der Waals surface area contributed by atoms with Crippen LogP contribution in [0.1, 0.15) is 33.6 Å². The Morgan fingerprint density at radius 2 is 1.60 bits per heavy atom. The number of nitrogens with one attached hydrogen (secondary N) is 3. The van der Waals surface area contributed by atoms with Crippen LogP contribution in [0.5, 0.6) is 0 Å². The van der Waals surface area contributed by atoms with E-state index in [4.69, 9.17) is 27.0 Å². The molecule has 198 valence electrons. The minimum Gasteiger partial charge on any atom is -0.481 e. The van der Waals surface area contributed by atoms with E-state index >= 15 is 0 Å². The molecular weight excluding hydrogens is 470 g/mol. The molecule has 16 heteroatoms. The van der Waals surface area contributed by atoms with Gasteiger partial charge >= 0.3 is 17.9 Å². The molecule has 0 aliphatic rings. The van der Waals surface area contributed by atoms with E-state index in [1.807, 2.05) is 0 Å². The van der Waals surface area contributed by atoms with E-state index in [9.17, 15) is 33.9 Å². The number of carbonyl (C=O) groups is 6. The summed E-state index contributed by atoms with van der Waals surface area (Å²) >= 11 is 0. The van der Waals surface area contributed by atoms with E-state index in [1.165, 1.54) is 13.8 Å². The molecule has 3 amide bonds. The van der Waals surface area contributed by atoms with E-state index in [0.29, 0.717) is 0 Å². The Bertz CT molecular complexity index is 827. The number of nitrogens with zero attached hydrogens (tertiary/aromatic N) is 1. The lowest BCUT2D eigenvalue weighted by Gasteiger charge is -2.22. The van der Waals surface area contributed by atoms with Gasteiger partial charge in [-0.15, -0.1) is 0 Å². The molecule has 0 aromatic rings. The first-order valence-electron chi connectivity index (χ1n) is 10.4. The third-order valence-corrected chi connectivity index (χ3v) is 4.35. The summed E-state index contributed by atoms with van der Waals surface area (Å²) in [6.07, 6.45) is -1.93. The van der Waals surface area contributed by atoms with E-state index < -0.39 is 78.7 Å². The highest BCUT2D eigenvalue weighted by atomic mass is 16.5. The van der Waals surface area contributed by atoms with Gasteiger partial charge in [0, 0.05) is 13.3 Å². The van der Waals surface area contributed by atoms with Crippen LogP contribution in [0, 0.1) is 5.92 Å². The molecule has 0 saturated carbocycles. The van der Waals surface area contributed by atoms with Crippen molar-refractivity contribution in [1.82, 2.24) is 16.0 Å². The van der Waals surface area contributed by atoms with Crippen molar-refractivity contribution in [3.8, 4) is 0 Å². The normalized spacial score (nSPS) is 14.0. The number of esters is 1. The van der Waals surface area contributed by atoms with Gasteiger partial charge in [-0.1, -0.05) is 13.8 Å². The number of aliphatic imine (C=N–C) groups is 1. The molecule has 0 aromatic carbocycles. The third-order valence-electron chi connectivity index (χ3n) is 4.35.